The molecule has 0 aliphatic rings. The summed E-state index contributed by atoms with van der Waals surface area (Å²) in [4.78, 5) is 15.9. The Labute approximate surface area is 129 Å². The summed E-state index contributed by atoms with van der Waals surface area (Å²) in [5.41, 5.74) is 2.18. The summed E-state index contributed by atoms with van der Waals surface area (Å²) in [6.07, 6.45) is 0. The van der Waals surface area contributed by atoms with Gasteiger partial charge in [0.1, 0.15) is 5.76 Å². The van der Waals surface area contributed by atoms with Crippen LogP contribution in [0.15, 0.2) is 28.7 Å². The molecule has 0 unspecified atom stereocenters. The van der Waals surface area contributed by atoms with E-state index in [0.717, 1.165) is 23.6 Å². The van der Waals surface area contributed by atoms with Gasteiger partial charge in [-0.3, -0.25) is 0 Å². The number of carbonyl (C=O) groups excluding carboxylic acids is 1. The highest BCUT2D eigenvalue weighted by Gasteiger charge is 2.12. The summed E-state index contributed by atoms with van der Waals surface area (Å²) >= 11 is 0. The largest absolute Gasteiger partial charge is 0.465 e. The predicted octanol–water partition coefficient (Wildman–Crippen LogP) is 2.17. The molecular formula is C16H20N2O4. The van der Waals surface area contributed by atoms with E-state index in [9.17, 15) is 4.79 Å². The highest BCUT2D eigenvalue weighted by Crippen LogP contribution is 2.22. The smallest absolute Gasteiger partial charge is 0.337 e. The maximum Gasteiger partial charge on any atom is 0.337 e. The van der Waals surface area contributed by atoms with Gasteiger partial charge in [-0.1, -0.05) is 0 Å². The minimum absolute atomic E-state index is 0.363. The third-order valence-corrected chi connectivity index (χ3v) is 3.22. The average Bonchev–Trinajstić information content (AvgIpc) is 2.92. The lowest BCUT2D eigenvalue weighted by molar-refractivity contribution is 0.0600. The Kier molecular flexibility index (Phi) is 5.68. The molecule has 0 saturated carbocycles. The lowest BCUT2D eigenvalue weighted by Gasteiger charge is -2.01. The molecule has 1 heterocycles. The van der Waals surface area contributed by atoms with Crippen molar-refractivity contribution in [1.82, 2.24) is 10.3 Å². The van der Waals surface area contributed by atoms with Crippen LogP contribution < -0.4 is 5.32 Å². The molecule has 1 aromatic heterocycles. The van der Waals surface area contributed by atoms with Gasteiger partial charge in [-0.25, -0.2) is 9.78 Å². The van der Waals surface area contributed by atoms with Crippen LogP contribution in [-0.2, 0) is 16.0 Å². The van der Waals surface area contributed by atoms with E-state index in [1.54, 1.807) is 31.4 Å². The number of hydrogen-bond donors (Lipinski definition) is 1. The third-order valence-electron chi connectivity index (χ3n) is 3.22. The van der Waals surface area contributed by atoms with Crippen molar-refractivity contribution in [2.24, 2.45) is 0 Å². The van der Waals surface area contributed by atoms with Gasteiger partial charge in [-0.2, -0.15) is 0 Å². The van der Waals surface area contributed by atoms with Crippen LogP contribution in [0.2, 0.25) is 0 Å². The van der Waals surface area contributed by atoms with E-state index in [1.807, 2.05) is 6.92 Å². The van der Waals surface area contributed by atoms with E-state index in [4.69, 9.17) is 9.15 Å². The standard InChI is InChI=1S/C16H20N2O4/c1-11-14(10-17-8-9-20-2)18-15(22-11)12-4-6-13(7-5-12)16(19)21-3/h4-7,17H,8-10H2,1-3H3. The fraction of sp³-hybridized carbons (Fsp3) is 0.375. The normalized spacial score (nSPS) is 10.7. The number of aromatic nitrogens is 1. The molecule has 0 aliphatic carbocycles. The van der Waals surface area contributed by atoms with Crippen LogP contribution in [0.5, 0.6) is 0 Å². The number of esters is 1. The van der Waals surface area contributed by atoms with Gasteiger partial charge in [0.25, 0.3) is 0 Å². The Bertz CT molecular complexity index is 620. The highest BCUT2D eigenvalue weighted by atomic mass is 16.5. The first-order valence-corrected chi connectivity index (χ1v) is 7.00. The van der Waals surface area contributed by atoms with Gasteiger partial charge in [0, 0.05) is 25.8 Å². The minimum Gasteiger partial charge on any atom is -0.465 e. The molecule has 22 heavy (non-hydrogen) atoms. The maximum absolute atomic E-state index is 11.4. The summed E-state index contributed by atoms with van der Waals surface area (Å²) in [5.74, 6) is 0.951. The number of nitrogens with one attached hydrogen (secondary N) is 1. The molecule has 2 aromatic rings. The summed E-state index contributed by atoms with van der Waals surface area (Å²) in [7, 11) is 3.02. The Morgan fingerprint density at radius 2 is 2.00 bits per heavy atom. The van der Waals surface area contributed by atoms with Gasteiger partial charge in [0.2, 0.25) is 5.89 Å². The second kappa shape index (κ2) is 7.72. The number of ether oxygens (including phenoxy) is 2. The van der Waals surface area contributed by atoms with Crippen LogP contribution in [0.1, 0.15) is 21.8 Å². The van der Waals surface area contributed by atoms with Gasteiger partial charge in [0.05, 0.1) is 25.0 Å². The van der Waals surface area contributed by atoms with Crippen molar-refractivity contribution >= 4 is 5.97 Å². The van der Waals surface area contributed by atoms with E-state index in [-0.39, 0.29) is 5.97 Å². The van der Waals surface area contributed by atoms with Crippen molar-refractivity contribution < 1.29 is 18.7 Å². The number of aryl methyl sites for hydroxylation is 1. The van der Waals surface area contributed by atoms with Crippen molar-refractivity contribution in [1.29, 1.82) is 0 Å². The Balaban J connectivity index is 2.07. The van der Waals surface area contributed by atoms with Gasteiger partial charge in [-0.05, 0) is 31.2 Å². The Morgan fingerprint density at radius 1 is 1.27 bits per heavy atom. The SMILES string of the molecule is COCCNCc1nc(-c2ccc(C(=O)OC)cc2)oc1C. The van der Waals surface area contributed by atoms with Crippen LogP contribution in [0.3, 0.4) is 0 Å². The van der Waals surface area contributed by atoms with Gasteiger partial charge in [0.15, 0.2) is 0 Å². The summed E-state index contributed by atoms with van der Waals surface area (Å²) < 4.78 is 15.3. The quantitative estimate of drug-likeness (QED) is 0.624. The zero-order valence-electron chi connectivity index (χ0n) is 13.0. The molecule has 0 bridgehead atoms. The number of oxazole rings is 1. The number of methoxy groups -OCH3 is 2. The Hall–Kier alpha value is -2.18. The van der Waals surface area contributed by atoms with E-state index in [0.29, 0.717) is 24.6 Å². The fourth-order valence-corrected chi connectivity index (χ4v) is 1.96. The fourth-order valence-electron chi connectivity index (χ4n) is 1.96. The zero-order chi connectivity index (χ0) is 15.9. The molecule has 2 rings (SSSR count). The molecule has 118 valence electrons. The molecule has 0 amide bonds. The molecule has 0 atom stereocenters. The zero-order valence-corrected chi connectivity index (χ0v) is 13.0. The summed E-state index contributed by atoms with van der Waals surface area (Å²) in [6.45, 7) is 3.91. The molecule has 6 heteroatoms. The van der Waals surface area contributed by atoms with E-state index >= 15 is 0 Å². The molecule has 1 aromatic carbocycles. The van der Waals surface area contributed by atoms with Gasteiger partial charge in [-0.15, -0.1) is 0 Å². The molecule has 0 fully saturated rings. The topological polar surface area (TPSA) is 73.6 Å². The van der Waals surface area contributed by atoms with E-state index in [2.05, 4.69) is 15.0 Å². The average molecular weight is 304 g/mol. The monoisotopic (exact) mass is 304 g/mol. The highest BCUT2D eigenvalue weighted by molar-refractivity contribution is 5.89. The number of rotatable bonds is 7. The number of nitrogens with zero attached hydrogens (tertiary/aromatic N) is 1. The molecule has 6 nitrogen and oxygen atoms in total. The maximum atomic E-state index is 11.4. The van der Waals surface area contributed by atoms with Crippen LogP contribution in [0, 0.1) is 6.92 Å². The number of hydrogen-bond acceptors (Lipinski definition) is 6. The van der Waals surface area contributed by atoms with Crippen molar-refractivity contribution in [2.45, 2.75) is 13.5 Å². The summed E-state index contributed by atoms with van der Waals surface area (Å²) in [5, 5.41) is 3.23. The van der Waals surface area contributed by atoms with Crippen LogP contribution >= 0.6 is 0 Å². The predicted molar refractivity (Wildman–Crippen MR) is 81.6 cm³/mol. The number of benzene rings is 1. The first-order valence-electron chi connectivity index (χ1n) is 7.00. The van der Waals surface area contributed by atoms with E-state index < -0.39 is 0 Å². The first kappa shape index (κ1) is 16.2. The van der Waals surface area contributed by atoms with Gasteiger partial charge < -0.3 is 19.2 Å². The number of carbonyl (C=O) groups is 1. The van der Waals surface area contributed by atoms with Crippen molar-refractivity contribution in [3.8, 4) is 11.5 Å². The van der Waals surface area contributed by atoms with Gasteiger partial charge >= 0.3 is 5.97 Å². The third kappa shape index (κ3) is 3.93. The minimum atomic E-state index is -0.363. The molecule has 1 N–H and O–H groups in total. The lowest BCUT2D eigenvalue weighted by Crippen LogP contribution is -2.19. The molecule has 0 aliphatic heterocycles. The Morgan fingerprint density at radius 3 is 2.64 bits per heavy atom. The molecule has 0 saturated heterocycles. The first-order chi connectivity index (χ1) is 10.7. The van der Waals surface area contributed by atoms with Crippen LogP contribution in [-0.4, -0.2) is 38.3 Å². The summed E-state index contributed by atoms with van der Waals surface area (Å²) in [6, 6.07) is 6.97. The van der Waals surface area contributed by atoms with Crippen LogP contribution in [0.4, 0.5) is 0 Å². The molecule has 0 radical (unpaired) electrons. The van der Waals surface area contributed by atoms with Crippen LogP contribution in [0.25, 0.3) is 11.5 Å². The second-order valence-corrected chi connectivity index (χ2v) is 4.76. The van der Waals surface area contributed by atoms with Crippen molar-refractivity contribution in [3.05, 3.63) is 41.3 Å². The van der Waals surface area contributed by atoms with Crippen molar-refractivity contribution in [2.75, 3.05) is 27.4 Å². The second-order valence-electron chi connectivity index (χ2n) is 4.76. The molecular weight excluding hydrogens is 284 g/mol. The van der Waals surface area contributed by atoms with E-state index in [1.165, 1.54) is 7.11 Å². The molecule has 0 spiro atoms. The van der Waals surface area contributed by atoms with Crippen molar-refractivity contribution in [3.63, 3.8) is 0 Å². The lowest BCUT2D eigenvalue weighted by atomic mass is 10.1.